The zero-order chi connectivity index (χ0) is 38.7. The van der Waals surface area contributed by atoms with Crippen LogP contribution in [0.2, 0.25) is 0 Å². The molecule has 0 bridgehead atoms. The normalized spacial score (nSPS) is 16.5. The first kappa shape index (κ1) is 56.9. The van der Waals surface area contributed by atoms with E-state index in [1.165, 1.54) is 62.7 Å². The second-order valence-corrected chi connectivity index (χ2v) is 18.4. The molecule has 1 aliphatic heterocycles. The predicted octanol–water partition coefficient (Wildman–Crippen LogP) is 6.80. The molecule has 1 saturated heterocycles. The van der Waals surface area contributed by atoms with E-state index >= 15 is 0 Å². The Morgan fingerprint density at radius 1 is 0.500 bits per heavy atom. The minimum absolute atomic E-state index is 0. The van der Waals surface area contributed by atoms with Gasteiger partial charge in [0, 0.05) is 92.6 Å². The van der Waals surface area contributed by atoms with Crippen LogP contribution in [0.25, 0.3) is 0 Å². The first-order valence-electron chi connectivity index (χ1n) is 20.9. The van der Waals surface area contributed by atoms with Crippen molar-refractivity contribution in [2.45, 2.75) is 85.2 Å². The molecular weight excluding hydrogens is 815 g/mol. The van der Waals surface area contributed by atoms with Crippen LogP contribution in [0.15, 0.2) is 0 Å². The van der Waals surface area contributed by atoms with Crippen LogP contribution >= 0.6 is 15.8 Å². The van der Waals surface area contributed by atoms with E-state index in [2.05, 4.69) is 32.6 Å². The van der Waals surface area contributed by atoms with Crippen LogP contribution in [0, 0.1) is 0 Å². The fourth-order valence-electron chi connectivity index (χ4n) is 5.86. The quantitative estimate of drug-likeness (QED) is 0.0527. The van der Waals surface area contributed by atoms with Gasteiger partial charge in [0.25, 0.3) is 0 Å². The minimum atomic E-state index is -0.0425. The molecule has 0 spiro atoms. The van der Waals surface area contributed by atoms with Gasteiger partial charge in [0.05, 0.1) is 65.6 Å². The van der Waals surface area contributed by atoms with E-state index in [0.717, 1.165) is 98.2 Å². The van der Waals surface area contributed by atoms with Gasteiger partial charge in [-0.2, -0.15) is 0 Å². The van der Waals surface area contributed by atoms with Crippen LogP contribution in [0.3, 0.4) is 0 Å². The van der Waals surface area contributed by atoms with Gasteiger partial charge in [-0.1, -0.05) is 0 Å². The molecule has 0 amide bonds. The molecule has 1 unspecified atom stereocenters. The largest absolute Gasteiger partial charge is 0.382 e. The summed E-state index contributed by atoms with van der Waals surface area (Å²) in [5, 5.41) is 0. The Hall–Kier alpha value is 0.779. The van der Waals surface area contributed by atoms with Crippen molar-refractivity contribution in [2.24, 2.45) is 0 Å². The molecule has 1 rings (SSSR count). The van der Waals surface area contributed by atoms with Gasteiger partial charge in [-0.3, -0.25) is 4.90 Å². The number of hydrogen-bond acceptors (Lipinski definition) is 11. The topological polar surface area (TPSA) is 103 Å². The number of unbranched alkanes of at least 4 members (excludes halogenated alkanes) is 4. The van der Waals surface area contributed by atoms with Crippen molar-refractivity contribution in [3.05, 3.63) is 0 Å². The fraction of sp³-hybridized carbons (Fsp3) is 0.975. The summed E-state index contributed by atoms with van der Waals surface area (Å²) in [6.07, 6.45) is 17.6. The third-order valence-corrected chi connectivity index (χ3v) is 14.3. The van der Waals surface area contributed by atoms with Crippen LogP contribution in [-0.2, 0) is 67.5 Å². The smallest absolute Gasteiger partial charge is 0.106 e. The van der Waals surface area contributed by atoms with Crippen LogP contribution in [0.4, 0.5) is 0 Å². The van der Waals surface area contributed by atoms with Crippen LogP contribution < -0.4 is 0 Å². The maximum atomic E-state index is 8.00. The van der Waals surface area contributed by atoms with Gasteiger partial charge < -0.3 is 47.4 Å². The Labute approximate surface area is 347 Å². The molecule has 1 atom stereocenters. The van der Waals surface area contributed by atoms with Crippen molar-refractivity contribution in [3.8, 4) is 0 Å². The fourth-order valence-corrected chi connectivity index (χ4v) is 11.0. The second kappa shape index (κ2) is 48.2. The van der Waals surface area contributed by atoms with Gasteiger partial charge in [-0.05, 0) is 116 Å². The average molecular weight is 899 g/mol. The molecule has 325 valence electrons. The number of carbonyl (C=O) groups is 1. The summed E-state index contributed by atoms with van der Waals surface area (Å²) < 4.78 is 52.3. The molecule has 1 aliphatic rings. The van der Waals surface area contributed by atoms with Gasteiger partial charge in [0.1, 0.15) is 6.79 Å². The Morgan fingerprint density at radius 2 is 0.833 bits per heavy atom. The van der Waals surface area contributed by atoms with Crippen molar-refractivity contribution in [1.82, 2.24) is 4.90 Å². The summed E-state index contributed by atoms with van der Waals surface area (Å²) in [4.78, 5) is 10.7. The number of ether oxygens (including phenoxy) is 9. The molecule has 0 aromatic carbocycles. The monoisotopic (exact) mass is 898 g/mol. The number of nitrogens with zero attached hydrogens (tertiary/aromatic N) is 1. The molecule has 1 heterocycles. The Kier molecular flexibility index (Phi) is 50.7. The molecule has 11 nitrogen and oxygen atoms in total. The van der Waals surface area contributed by atoms with E-state index in [4.69, 9.17) is 47.4 Å². The van der Waals surface area contributed by atoms with E-state index in [0.29, 0.717) is 59.5 Å². The third kappa shape index (κ3) is 39.6. The molecule has 1 radical (unpaired) electrons. The SMILES string of the molecule is C=O.CCOCCCCP(CCCCOCC)CCN(CCP(CCCCOCC)CCCCOCC)CC1COCCOCCOCCOCCO1.[99Tc]. The Balaban J connectivity index is 0. The Morgan fingerprint density at radius 3 is 1.19 bits per heavy atom. The predicted molar refractivity (Wildman–Crippen MR) is 223 cm³/mol. The molecule has 0 saturated carbocycles. The summed E-state index contributed by atoms with van der Waals surface area (Å²) in [6, 6.07) is 0. The van der Waals surface area contributed by atoms with E-state index < -0.39 is 0 Å². The van der Waals surface area contributed by atoms with Gasteiger partial charge in [-0.25, -0.2) is 0 Å². The molecule has 14 heteroatoms. The van der Waals surface area contributed by atoms with Crippen LogP contribution in [0.5, 0.6) is 0 Å². The van der Waals surface area contributed by atoms with Gasteiger partial charge in [-0.15, -0.1) is 15.8 Å². The van der Waals surface area contributed by atoms with Crippen molar-refractivity contribution in [1.29, 1.82) is 0 Å². The Bertz CT molecular complexity index is 633. The second-order valence-electron chi connectivity index (χ2n) is 13.0. The zero-order valence-corrected chi connectivity index (χ0v) is 38.8. The summed E-state index contributed by atoms with van der Waals surface area (Å²) >= 11 is 0. The maximum absolute atomic E-state index is 8.00. The van der Waals surface area contributed by atoms with Crippen LogP contribution in [-0.4, -0.2) is 187 Å². The van der Waals surface area contributed by atoms with E-state index in [1.54, 1.807) is 0 Å². The molecule has 0 aromatic rings. The average Bonchev–Trinajstić information content (AvgIpc) is 3.19. The first-order chi connectivity index (χ1) is 26.2. The maximum Gasteiger partial charge on any atom is 0.106 e. The zero-order valence-electron chi connectivity index (χ0n) is 35.1. The summed E-state index contributed by atoms with van der Waals surface area (Å²) in [6.45, 7) is 25.4. The van der Waals surface area contributed by atoms with Crippen molar-refractivity contribution < 1.29 is 67.5 Å². The summed E-state index contributed by atoms with van der Waals surface area (Å²) in [5.74, 6) is 0. The van der Waals surface area contributed by atoms with Crippen molar-refractivity contribution >= 4 is 22.6 Å². The molecule has 1 fully saturated rings. The van der Waals surface area contributed by atoms with Crippen molar-refractivity contribution in [3.63, 3.8) is 0 Å². The molecule has 54 heavy (non-hydrogen) atoms. The molecule has 0 aliphatic carbocycles. The molecule has 0 N–H and O–H groups in total. The summed E-state index contributed by atoms with van der Waals surface area (Å²) in [7, 11) is -0.0849. The number of rotatable bonds is 32. The number of hydrogen-bond donors (Lipinski definition) is 0. The number of carbonyl (C=O) groups excluding carboxylic acids is 1. The van der Waals surface area contributed by atoms with Gasteiger partial charge >= 0.3 is 0 Å². The van der Waals surface area contributed by atoms with Crippen molar-refractivity contribution in [2.75, 3.05) is 169 Å². The van der Waals surface area contributed by atoms with E-state index in [-0.39, 0.29) is 42.1 Å². The van der Waals surface area contributed by atoms with E-state index in [9.17, 15) is 0 Å². The van der Waals surface area contributed by atoms with E-state index in [1.807, 2.05) is 6.79 Å². The standard InChI is InChI=1S/C39H81NO9P2.CH2O.Tc/c1-5-41-19-9-13-31-50(32-14-10-20-42-6-2)35-17-40(18-36-51(33-15-11-21-43-7-3)34-16-12-22-44-8-4)37-39-38-48-28-27-46-24-23-45-25-26-47-29-30-49-39;1-2;/h39H,5-38H2,1-4H3;1H2;/i;;1+1. The molecule has 0 aromatic heterocycles. The third-order valence-electron chi connectivity index (χ3n) is 8.80. The minimum Gasteiger partial charge on any atom is -0.382 e. The van der Waals surface area contributed by atoms with Gasteiger partial charge in [0.15, 0.2) is 0 Å². The first-order valence-corrected chi connectivity index (χ1v) is 24.7. The summed E-state index contributed by atoms with van der Waals surface area (Å²) in [5.41, 5.74) is 0. The van der Waals surface area contributed by atoms with Crippen LogP contribution in [0.1, 0.15) is 79.1 Å². The van der Waals surface area contributed by atoms with Gasteiger partial charge in [0.2, 0.25) is 0 Å². The molecular formula is C40H83NO10P2Tc.